The molecule has 1 rings (SSSR count). The molecule has 114 valence electrons. The number of rotatable bonds is 6. The molecule has 0 aliphatic carbocycles. The molecule has 0 spiro atoms. The van der Waals surface area contributed by atoms with Crippen molar-refractivity contribution in [3.05, 3.63) is 23.9 Å². The zero-order chi connectivity index (χ0) is 15.2. The van der Waals surface area contributed by atoms with Gasteiger partial charge in [0.1, 0.15) is 6.61 Å². The van der Waals surface area contributed by atoms with Crippen molar-refractivity contribution in [2.45, 2.75) is 59.9 Å². The number of aryl methyl sites for hydroxylation is 1. The first kappa shape index (κ1) is 17.0. The maximum Gasteiger partial charge on any atom is 0.213 e. The summed E-state index contributed by atoms with van der Waals surface area (Å²) in [5, 5.41) is 3.39. The van der Waals surface area contributed by atoms with Crippen molar-refractivity contribution in [2.75, 3.05) is 13.2 Å². The van der Waals surface area contributed by atoms with Crippen LogP contribution in [0.25, 0.3) is 0 Å². The molecular weight excluding hydrogens is 248 g/mol. The predicted molar refractivity (Wildman–Crippen MR) is 85.3 cm³/mol. The zero-order valence-electron chi connectivity index (χ0n) is 13.9. The summed E-state index contributed by atoms with van der Waals surface area (Å²) < 4.78 is 5.63. The largest absolute Gasteiger partial charge is 0.476 e. The molecule has 0 bridgehead atoms. The molecule has 0 radical (unpaired) electrons. The maximum absolute atomic E-state index is 5.63. The molecule has 3 nitrogen and oxygen atoms in total. The van der Waals surface area contributed by atoms with Crippen molar-refractivity contribution in [1.82, 2.24) is 10.3 Å². The minimum Gasteiger partial charge on any atom is -0.476 e. The molecule has 1 aromatic rings. The fourth-order valence-corrected chi connectivity index (χ4v) is 1.75. The number of hydrogen-bond donors (Lipinski definition) is 1. The van der Waals surface area contributed by atoms with Crippen molar-refractivity contribution >= 4 is 0 Å². The summed E-state index contributed by atoms with van der Waals surface area (Å²) in [5.74, 6) is 0.709. The average Bonchev–Trinajstić information content (AvgIpc) is 2.31. The lowest BCUT2D eigenvalue weighted by molar-refractivity contribution is 0.282. The van der Waals surface area contributed by atoms with E-state index in [-0.39, 0.29) is 5.54 Å². The van der Waals surface area contributed by atoms with Crippen LogP contribution in [0, 0.1) is 5.41 Å². The standard InChI is InChI=1S/C17H30N2O/c1-16(2,3)10-9-14-7-8-15(18-13-14)20-12-11-19-17(4,5)6/h7-8,13,19H,9-12H2,1-6H3. The summed E-state index contributed by atoms with van der Waals surface area (Å²) in [6.45, 7) is 14.7. The Hall–Kier alpha value is -1.09. The number of pyridine rings is 1. The Morgan fingerprint density at radius 1 is 1.10 bits per heavy atom. The van der Waals surface area contributed by atoms with Crippen LogP contribution >= 0.6 is 0 Å². The van der Waals surface area contributed by atoms with Gasteiger partial charge in [0.25, 0.3) is 0 Å². The second-order valence-corrected chi connectivity index (χ2v) is 7.59. The molecule has 20 heavy (non-hydrogen) atoms. The van der Waals surface area contributed by atoms with Gasteiger partial charge in [-0.25, -0.2) is 4.98 Å². The highest BCUT2D eigenvalue weighted by Gasteiger charge is 2.10. The fourth-order valence-electron chi connectivity index (χ4n) is 1.75. The SMILES string of the molecule is CC(C)(C)CCc1ccc(OCCNC(C)(C)C)nc1. The van der Waals surface area contributed by atoms with Crippen LogP contribution in [0.2, 0.25) is 0 Å². The van der Waals surface area contributed by atoms with Gasteiger partial charge in [-0.15, -0.1) is 0 Å². The smallest absolute Gasteiger partial charge is 0.213 e. The van der Waals surface area contributed by atoms with Crippen LogP contribution in [0.4, 0.5) is 0 Å². The predicted octanol–water partition coefficient (Wildman–Crippen LogP) is 3.83. The molecule has 0 aliphatic heterocycles. The second kappa shape index (κ2) is 7.07. The molecule has 0 amide bonds. The highest BCUT2D eigenvalue weighted by molar-refractivity contribution is 5.18. The molecule has 3 heteroatoms. The van der Waals surface area contributed by atoms with Crippen molar-refractivity contribution in [1.29, 1.82) is 0 Å². The molecule has 0 saturated heterocycles. The molecule has 1 N–H and O–H groups in total. The van der Waals surface area contributed by atoms with Crippen LogP contribution in [-0.4, -0.2) is 23.7 Å². The lowest BCUT2D eigenvalue weighted by atomic mass is 9.89. The topological polar surface area (TPSA) is 34.1 Å². The highest BCUT2D eigenvalue weighted by atomic mass is 16.5. The Balaban J connectivity index is 2.32. The highest BCUT2D eigenvalue weighted by Crippen LogP contribution is 2.21. The summed E-state index contributed by atoms with van der Waals surface area (Å²) in [6, 6.07) is 4.08. The number of hydrogen-bond acceptors (Lipinski definition) is 3. The zero-order valence-corrected chi connectivity index (χ0v) is 13.9. The number of nitrogens with zero attached hydrogens (tertiary/aromatic N) is 1. The molecule has 0 atom stereocenters. The fraction of sp³-hybridized carbons (Fsp3) is 0.706. The minimum absolute atomic E-state index is 0.133. The third-order valence-corrected chi connectivity index (χ3v) is 2.97. The second-order valence-electron chi connectivity index (χ2n) is 7.59. The number of aromatic nitrogens is 1. The first-order chi connectivity index (χ1) is 9.16. The van der Waals surface area contributed by atoms with E-state index in [1.165, 1.54) is 12.0 Å². The first-order valence-corrected chi connectivity index (χ1v) is 7.48. The Morgan fingerprint density at radius 2 is 1.80 bits per heavy atom. The van der Waals surface area contributed by atoms with Crippen molar-refractivity contribution in [2.24, 2.45) is 5.41 Å². The molecule has 1 heterocycles. The van der Waals surface area contributed by atoms with Crippen molar-refractivity contribution < 1.29 is 4.74 Å². The first-order valence-electron chi connectivity index (χ1n) is 7.48. The summed E-state index contributed by atoms with van der Waals surface area (Å²) in [5.41, 5.74) is 1.78. The van der Waals surface area contributed by atoms with Crippen LogP contribution in [0.15, 0.2) is 18.3 Å². The van der Waals surface area contributed by atoms with E-state index in [9.17, 15) is 0 Å². The van der Waals surface area contributed by atoms with Gasteiger partial charge in [0.15, 0.2) is 0 Å². The van der Waals surface area contributed by atoms with Crippen LogP contribution in [0.3, 0.4) is 0 Å². The van der Waals surface area contributed by atoms with Crippen molar-refractivity contribution in [3.8, 4) is 5.88 Å². The normalized spacial score (nSPS) is 12.5. The van der Waals surface area contributed by atoms with Gasteiger partial charge >= 0.3 is 0 Å². The quantitative estimate of drug-likeness (QED) is 0.803. The van der Waals surface area contributed by atoms with E-state index in [4.69, 9.17) is 4.74 Å². The summed E-state index contributed by atoms with van der Waals surface area (Å²) in [6.07, 6.45) is 4.17. The molecule has 1 aromatic heterocycles. The maximum atomic E-state index is 5.63. The lowest BCUT2D eigenvalue weighted by Crippen LogP contribution is -2.38. The van der Waals surface area contributed by atoms with Gasteiger partial charge < -0.3 is 10.1 Å². The van der Waals surface area contributed by atoms with Crippen LogP contribution in [0.5, 0.6) is 5.88 Å². The van der Waals surface area contributed by atoms with E-state index in [0.717, 1.165) is 13.0 Å². The van der Waals surface area contributed by atoms with Crippen LogP contribution < -0.4 is 10.1 Å². The van der Waals surface area contributed by atoms with Gasteiger partial charge in [-0.2, -0.15) is 0 Å². The van der Waals surface area contributed by atoms with Gasteiger partial charge in [-0.05, 0) is 44.6 Å². The van der Waals surface area contributed by atoms with E-state index in [0.29, 0.717) is 17.9 Å². The van der Waals surface area contributed by atoms with E-state index < -0.39 is 0 Å². The van der Waals surface area contributed by atoms with E-state index >= 15 is 0 Å². The summed E-state index contributed by atoms with van der Waals surface area (Å²) in [4.78, 5) is 4.36. The lowest BCUT2D eigenvalue weighted by Gasteiger charge is -2.20. The molecule has 0 fully saturated rings. The molecular formula is C17H30N2O. The van der Waals surface area contributed by atoms with Crippen molar-refractivity contribution in [3.63, 3.8) is 0 Å². The van der Waals surface area contributed by atoms with Crippen LogP contribution in [0.1, 0.15) is 53.5 Å². The van der Waals surface area contributed by atoms with Crippen LogP contribution in [-0.2, 0) is 6.42 Å². The third-order valence-electron chi connectivity index (χ3n) is 2.97. The molecule has 0 aromatic carbocycles. The Labute approximate surface area is 124 Å². The van der Waals surface area contributed by atoms with Gasteiger partial charge in [-0.3, -0.25) is 0 Å². The Kier molecular flexibility index (Phi) is 6.00. The third kappa shape index (κ3) is 8.16. The number of nitrogens with one attached hydrogen (secondary N) is 1. The molecule has 0 aliphatic rings. The van der Waals surface area contributed by atoms with Gasteiger partial charge in [0, 0.05) is 24.3 Å². The summed E-state index contributed by atoms with van der Waals surface area (Å²) >= 11 is 0. The monoisotopic (exact) mass is 278 g/mol. The Morgan fingerprint density at radius 3 is 2.30 bits per heavy atom. The van der Waals surface area contributed by atoms with Gasteiger partial charge in [0.2, 0.25) is 5.88 Å². The number of ether oxygens (including phenoxy) is 1. The van der Waals surface area contributed by atoms with Gasteiger partial charge in [-0.1, -0.05) is 26.8 Å². The Bertz CT molecular complexity index is 385. The summed E-state index contributed by atoms with van der Waals surface area (Å²) in [7, 11) is 0. The van der Waals surface area contributed by atoms with E-state index in [1.54, 1.807) is 0 Å². The average molecular weight is 278 g/mol. The minimum atomic E-state index is 0.133. The van der Waals surface area contributed by atoms with E-state index in [2.05, 4.69) is 57.9 Å². The molecule has 0 unspecified atom stereocenters. The van der Waals surface area contributed by atoms with Gasteiger partial charge in [0.05, 0.1) is 0 Å². The molecule has 0 saturated carbocycles. The van der Waals surface area contributed by atoms with E-state index in [1.807, 2.05) is 12.3 Å².